The summed E-state index contributed by atoms with van der Waals surface area (Å²) in [6.07, 6.45) is 0. The molecule has 1 nitrogen and oxygen atoms in total. The number of thiazole rings is 1. The van der Waals surface area contributed by atoms with E-state index < -0.39 is 0 Å². The van der Waals surface area contributed by atoms with Crippen molar-refractivity contribution in [2.24, 2.45) is 0 Å². The van der Waals surface area contributed by atoms with Gasteiger partial charge in [0.05, 0.1) is 10.2 Å². The number of nitrogens with zero attached hydrogens (tertiary/aromatic N) is 1. The molecule has 3 rings (SSSR count). The number of benzene rings is 2. The molecule has 17 heavy (non-hydrogen) atoms. The van der Waals surface area contributed by atoms with Crippen molar-refractivity contribution in [3.8, 4) is 10.6 Å². The van der Waals surface area contributed by atoms with Crippen molar-refractivity contribution in [3.63, 3.8) is 0 Å². The first kappa shape index (κ1) is 11.4. The first-order chi connectivity index (χ1) is 8.22. The van der Waals surface area contributed by atoms with E-state index >= 15 is 0 Å². The maximum absolute atomic E-state index is 4.64. The van der Waals surface area contributed by atoms with Gasteiger partial charge in [-0.2, -0.15) is 0 Å². The van der Waals surface area contributed by atoms with Crippen molar-refractivity contribution in [1.82, 2.24) is 4.98 Å². The van der Waals surface area contributed by atoms with Gasteiger partial charge in [-0.05, 0) is 30.3 Å². The summed E-state index contributed by atoms with van der Waals surface area (Å²) < 4.78 is 3.33. The van der Waals surface area contributed by atoms with Gasteiger partial charge in [-0.1, -0.05) is 44.0 Å². The average molecular weight is 369 g/mol. The summed E-state index contributed by atoms with van der Waals surface area (Å²) in [6.45, 7) is 0. The van der Waals surface area contributed by atoms with Crippen LogP contribution in [0, 0.1) is 0 Å². The summed E-state index contributed by atoms with van der Waals surface area (Å²) in [6, 6.07) is 14.4. The van der Waals surface area contributed by atoms with Gasteiger partial charge in [0.15, 0.2) is 0 Å². The summed E-state index contributed by atoms with van der Waals surface area (Å²) in [5.74, 6) is 0. The Morgan fingerprint density at radius 1 is 0.941 bits per heavy atom. The lowest BCUT2D eigenvalue weighted by Crippen LogP contribution is -1.77. The predicted molar refractivity (Wildman–Crippen MR) is 80.5 cm³/mol. The molecule has 2 aromatic carbocycles. The van der Waals surface area contributed by atoms with Crippen LogP contribution < -0.4 is 0 Å². The maximum Gasteiger partial charge on any atom is 0.124 e. The van der Waals surface area contributed by atoms with Crippen LogP contribution in [0.1, 0.15) is 0 Å². The first-order valence-electron chi connectivity index (χ1n) is 5.04. The molecule has 0 amide bonds. The van der Waals surface area contributed by atoms with Gasteiger partial charge in [0.2, 0.25) is 0 Å². The molecule has 0 aliphatic heterocycles. The standard InChI is InChI=1S/C13H7Br2NS/c14-9-5-8(6-10(15)7-9)13-16-11-3-1-2-4-12(11)17-13/h1-7H. The van der Waals surface area contributed by atoms with E-state index in [9.17, 15) is 0 Å². The van der Waals surface area contributed by atoms with Crippen molar-refractivity contribution < 1.29 is 0 Å². The van der Waals surface area contributed by atoms with E-state index in [-0.39, 0.29) is 0 Å². The van der Waals surface area contributed by atoms with Crippen LogP contribution in [0.3, 0.4) is 0 Å². The smallest absolute Gasteiger partial charge is 0.124 e. The Morgan fingerprint density at radius 3 is 2.35 bits per heavy atom. The van der Waals surface area contributed by atoms with E-state index in [0.717, 1.165) is 25.0 Å². The molecule has 0 atom stereocenters. The second-order valence-electron chi connectivity index (χ2n) is 3.64. The first-order valence-corrected chi connectivity index (χ1v) is 7.45. The van der Waals surface area contributed by atoms with Crippen molar-refractivity contribution in [3.05, 3.63) is 51.4 Å². The lowest BCUT2D eigenvalue weighted by atomic mass is 10.2. The highest BCUT2D eigenvalue weighted by atomic mass is 79.9. The molecule has 0 bridgehead atoms. The van der Waals surface area contributed by atoms with E-state index in [1.807, 2.05) is 24.3 Å². The molecule has 0 N–H and O–H groups in total. The molecular weight excluding hydrogens is 362 g/mol. The lowest BCUT2D eigenvalue weighted by Gasteiger charge is -1.98. The number of fused-ring (bicyclic) bond motifs is 1. The van der Waals surface area contributed by atoms with Crippen molar-refractivity contribution in [1.29, 1.82) is 0 Å². The summed E-state index contributed by atoms with van der Waals surface area (Å²) >= 11 is 8.72. The summed E-state index contributed by atoms with van der Waals surface area (Å²) in [4.78, 5) is 4.64. The van der Waals surface area contributed by atoms with Gasteiger partial charge in [0, 0.05) is 14.5 Å². The molecule has 0 fully saturated rings. The fourth-order valence-corrected chi connectivity index (χ4v) is 3.92. The zero-order valence-electron chi connectivity index (χ0n) is 8.65. The van der Waals surface area contributed by atoms with Crippen molar-refractivity contribution in [2.75, 3.05) is 0 Å². The summed E-state index contributed by atoms with van der Waals surface area (Å²) in [7, 11) is 0. The Morgan fingerprint density at radius 2 is 1.65 bits per heavy atom. The minimum Gasteiger partial charge on any atom is -0.236 e. The van der Waals surface area contributed by atoms with Gasteiger partial charge in [0.1, 0.15) is 5.01 Å². The molecule has 0 radical (unpaired) electrons. The van der Waals surface area contributed by atoms with Crippen LogP contribution in [0.15, 0.2) is 51.4 Å². The number of aromatic nitrogens is 1. The fourth-order valence-electron chi connectivity index (χ4n) is 1.67. The quantitative estimate of drug-likeness (QED) is 0.553. The minimum absolute atomic E-state index is 1.05. The molecule has 84 valence electrons. The molecule has 0 unspecified atom stereocenters. The third kappa shape index (κ3) is 2.30. The van der Waals surface area contributed by atoms with Crippen molar-refractivity contribution in [2.45, 2.75) is 0 Å². The zero-order valence-corrected chi connectivity index (χ0v) is 12.6. The van der Waals surface area contributed by atoms with Crippen LogP contribution in [-0.4, -0.2) is 4.98 Å². The second-order valence-corrected chi connectivity index (χ2v) is 6.51. The van der Waals surface area contributed by atoms with Gasteiger partial charge >= 0.3 is 0 Å². The zero-order chi connectivity index (χ0) is 11.8. The molecule has 0 saturated heterocycles. The van der Waals surface area contributed by atoms with Crippen LogP contribution in [0.5, 0.6) is 0 Å². The minimum atomic E-state index is 1.05. The van der Waals surface area contributed by atoms with E-state index in [1.54, 1.807) is 11.3 Å². The Hall–Kier alpha value is -0.710. The third-order valence-electron chi connectivity index (χ3n) is 2.40. The molecular formula is C13H7Br2NS. The summed E-state index contributed by atoms with van der Waals surface area (Å²) in [5, 5.41) is 1.05. The molecule has 0 saturated carbocycles. The molecule has 4 heteroatoms. The Labute approximate surface area is 120 Å². The van der Waals surface area contributed by atoms with Crippen LogP contribution >= 0.6 is 43.2 Å². The molecule has 0 aliphatic rings. The fraction of sp³-hybridized carbons (Fsp3) is 0. The van der Waals surface area contributed by atoms with Crippen LogP contribution in [0.2, 0.25) is 0 Å². The monoisotopic (exact) mass is 367 g/mol. The largest absolute Gasteiger partial charge is 0.236 e. The lowest BCUT2D eigenvalue weighted by molar-refractivity contribution is 1.46. The van der Waals surface area contributed by atoms with Crippen LogP contribution in [0.25, 0.3) is 20.8 Å². The average Bonchev–Trinajstić information content (AvgIpc) is 2.71. The molecule has 3 aromatic rings. The number of rotatable bonds is 1. The second kappa shape index (κ2) is 4.52. The topological polar surface area (TPSA) is 12.9 Å². The number of hydrogen-bond donors (Lipinski definition) is 0. The van der Waals surface area contributed by atoms with Gasteiger partial charge in [-0.3, -0.25) is 0 Å². The highest BCUT2D eigenvalue weighted by molar-refractivity contribution is 9.11. The third-order valence-corrected chi connectivity index (χ3v) is 4.40. The number of halogens is 2. The van der Waals surface area contributed by atoms with Crippen LogP contribution in [-0.2, 0) is 0 Å². The van der Waals surface area contributed by atoms with Gasteiger partial charge in [-0.15, -0.1) is 11.3 Å². The van der Waals surface area contributed by atoms with Gasteiger partial charge in [0.25, 0.3) is 0 Å². The van der Waals surface area contributed by atoms with E-state index in [0.29, 0.717) is 0 Å². The number of hydrogen-bond acceptors (Lipinski definition) is 2. The SMILES string of the molecule is Brc1cc(Br)cc(-c2nc3ccccc3s2)c1. The molecule has 0 spiro atoms. The molecule has 1 heterocycles. The molecule has 0 aliphatic carbocycles. The Bertz CT molecular complexity index is 637. The number of para-hydroxylation sites is 1. The van der Waals surface area contributed by atoms with E-state index in [2.05, 4.69) is 55.0 Å². The Kier molecular flexibility index (Phi) is 3.03. The highest BCUT2D eigenvalue weighted by Gasteiger charge is 2.07. The van der Waals surface area contributed by atoms with E-state index in [4.69, 9.17) is 0 Å². The van der Waals surface area contributed by atoms with E-state index in [1.165, 1.54) is 4.70 Å². The summed E-state index contributed by atoms with van der Waals surface area (Å²) in [5.41, 5.74) is 2.19. The van der Waals surface area contributed by atoms with Crippen LogP contribution in [0.4, 0.5) is 0 Å². The van der Waals surface area contributed by atoms with Gasteiger partial charge < -0.3 is 0 Å². The van der Waals surface area contributed by atoms with Gasteiger partial charge in [-0.25, -0.2) is 4.98 Å². The van der Waals surface area contributed by atoms with Crippen molar-refractivity contribution >= 4 is 53.4 Å². The normalized spacial score (nSPS) is 10.9. The predicted octanol–water partition coefficient (Wildman–Crippen LogP) is 5.49. The Balaban J connectivity index is 2.20. The molecule has 1 aromatic heterocycles. The maximum atomic E-state index is 4.64. The highest BCUT2D eigenvalue weighted by Crippen LogP contribution is 2.33.